The fraction of sp³-hybridized carbons (Fsp3) is 0.136. The van der Waals surface area contributed by atoms with Gasteiger partial charge in [0.05, 0.1) is 12.1 Å². The Hall–Kier alpha value is -3.87. The standard InChI is InChI=1S/C22H20N4O3/c1-2-15-9-10-19(27)18(13-15)21(28)23-17-7-5-6-16(12-17)14-26-22(29)25-11-4-3-8-20(25)24-26/h3-13,27H,2,14H2,1H3,(H,23,28). The second kappa shape index (κ2) is 7.63. The zero-order valence-electron chi connectivity index (χ0n) is 15.9. The van der Waals surface area contributed by atoms with Crippen LogP contribution in [0.1, 0.15) is 28.4 Å². The van der Waals surface area contributed by atoms with Crippen LogP contribution in [0.2, 0.25) is 0 Å². The summed E-state index contributed by atoms with van der Waals surface area (Å²) in [6, 6.07) is 17.6. The second-order valence-corrected chi connectivity index (χ2v) is 6.73. The number of benzene rings is 2. The molecule has 0 radical (unpaired) electrons. The van der Waals surface area contributed by atoms with Crippen molar-refractivity contribution in [2.24, 2.45) is 0 Å². The lowest BCUT2D eigenvalue weighted by molar-refractivity contribution is 0.102. The van der Waals surface area contributed by atoms with Crippen molar-refractivity contribution in [3.05, 3.63) is 94.0 Å². The average Bonchev–Trinajstić information content (AvgIpc) is 3.04. The summed E-state index contributed by atoms with van der Waals surface area (Å²) < 4.78 is 2.86. The van der Waals surface area contributed by atoms with E-state index in [2.05, 4.69) is 10.4 Å². The van der Waals surface area contributed by atoms with Crippen molar-refractivity contribution >= 4 is 17.2 Å². The van der Waals surface area contributed by atoms with E-state index in [1.54, 1.807) is 48.7 Å². The van der Waals surface area contributed by atoms with Crippen molar-refractivity contribution in [1.29, 1.82) is 0 Å². The number of aryl methyl sites for hydroxylation is 1. The summed E-state index contributed by atoms with van der Waals surface area (Å²) in [5, 5.41) is 17.1. The van der Waals surface area contributed by atoms with Crippen molar-refractivity contribution in [2.75, 3.05) is 5.32 Å². The van der Waals surface area contributed by atoms with Crippen LogP contribution < -0.4 is 11.0 Å². The molecule has 2 aromatic carbocycles. The SMILES string of the molecule is CCc1ccc(O)c(C(=O)Nc2cccc(Cn3nc4ccccn4c3=O)c2)c1. The quantitative estimate of drug-likeness (QED) is 0.550. The molecule has 7 nitrogen and oxygen atoms in total. The first-order chi connectivity index (χ1) is 14.0. The van der Waals surface area contributed by atoms with E-state index in [1.807, 2.05) is 19.1 Å². The average molecular weight is 388 g/mol. The van der Waals surface area contributed by atoms with Crippen LogP contribution in [0.3, 0.4) is 0 Å². The third-order valence-corrected chi connectivity index (χ3v) is 4.72. The monoisotopic (exact) mass is 388 g/mol. The van der Waals surface area contributed by atoms with Gasteiger partial charge in [-0.3, -0.25) is 9.20 Å². The molecular formula is C22H20N4O3. The van der Waals surface area contributed by atoms with Crippen molar-refractivity contribution in [3.8, 4) is 5.75 Å². The number of phenolic OH excluding ortho intramolecular Hbond substituents is 1. The van der Waals surface area contributed by atoms with Gasteiger partial charge in [0.15, 0.2) is 5.65 Å². The number of nitrogens with zero attached hydrogens (tertiary/aromatic N) is 3. The highest BCUT2D eigenvalue weighted by molar-refractivity contribution is 6.06. The molecule has 4 rings (SSSR count). The number of rotatable bonds is 5. The molecule has 0 spiro atoms. The molecule has 0 saturated carbocycles. The van der Waals surface area contributed by atoms with Crippen LogP contribution in [0.4, 0.5) is 5.69 Å². The largest absolute Gasteiger partial charge is 0.507 e. The van der Waals surface area contributed by atoms with Gasteiger partial charge in [0.2, 0.25) is 0 Å². The number of amides is 1. The maximum atomic E-state index is 12.6. The molecule has 4 aromatic rings. The highest BCUT2D eigenvalue weighted by Gasteiger charge is 2.13. The molecule has 0 aliphatic carbocycles. The van der Waals surface area contributed by atoms with Gasteiger partial charge in [-0.25, -0.2) is 9.48 Å². The smallest absolute Gasteiger partial charge is 0.350 e. The molecule has 2 N–H and O–H groups in total. The number of aromatic nitrogens is 3. The summed E-state index contributed by atoms with van der Waals surface area (Å²) in [5.41, 5.74) is 2.94. The van der Waals surface area contributed by atoms with Gasteiger partial charge < -0.3 is 10.4 Å². The van der Waals surface area contributed by atoms with E-state index >= 15 is 0 Å². The Morgan fingerprint density at radius 2 is 1.93 bits per heavy atom. The Morgan fingerprint density at radius 1 is 1.07 bits per heavy atom. The van der Waals surface area contributed by atoms with Crippen LogP contribution in [0, 0.1) is 0 Å². The molecule has 0 aliphatic rings. The minimum atomic E-state index is -0.389. The zero-order chi connectivity index (χ0) is 20.4. The first-order valence-corrected chi connectivity index (χ1v) is 9.31. The first-order valence-electron chi connectivity index (χ1n) is 9.31. The molecule has 2 heterocycles. The van der Waals surface area contributed by atoms with E-state index in [9.17, 15) is 14.7 Å². The highest BCUT2D eigenvalue weighted by atomic mass is 16.3. The van der Waals surface area contributed by atoms with Crippen LogP contribution in [0.25, 0.3) is 5.65 Å². The molecule has 146 valence electrons. The van der Waals surface area contributed by atoms with Gasteiger partial charge in [0, 0.05) is 11.9 Å². The molecule has 29 heavy (non-hydrogen) atoms. The molecule has 0 bridgehead atoms. The summed E-state index contributed by atoms with van der Waals surface area (Å²) in [6.45, 7) is 2.26. The fourth-order valence-electron chi connectivity index (χ4n) is 3.17. The van der Waals surface area contributed by atoms with E-state index < -0.39 is 0 Å². The van der Waals surface area contributed by atoms with Crippen LogP contribution in [-0.2, 0) is 13.0 Å². The number of carbonyl (C=O) groups excluding carboxylic acids is 1. The number of aromatic hydroxyl groups is 1. The lowest BCUT2D eigenvalue weighted by Crippen LogP contribution is -2.21. The van der Waals surface area contributed by atoms with Crippen molar-refractivity contribution in [3.63, 3.8) is 0 Å². The van der Waals surface area contributed by atoms with E-state index in [1.165, 1.54) is 15.1 Å². The number of pyridine rings is 1. The number of nitrogens with one attached hydrogen (secondary N) is 1. The van der Waals surface area contributed by atoms with Crippen LogP contribution >= 0.6 is 0 Å². The van der Waals surface area contributed by atoms with E-state index in [4.69, 9.17) is 0 Å². The van der Waals surface area contributed by atoms with Gasteiger partial charge >= 0.3 is 5.69 Å². The summed E-state index contributed by atoms with van der Waals surface area (Å²) in [5.74, 6) is -0.452. The van der Waals surface area contributed by atoms with Crippen molar-refractivity contribution in [1.82, 2.24) is 14.2 Å². The van der Waals surface area contributed by atoms with E-state index in [0.29, 0.717) is 11.3 Å². The number of fused-ring (bicyclic) bond motifs is 1. The topological polar surface area (TPSA) is 88.6 Å². The lowest BCUT2D eigenvalue weighted by Gasteiger charge is -2.10. The minimum absolute atomic E-state index is 0.0629. The molecule has 7 heteroatoms. The highest BCUT2D eigenvalue weighted by Crippen LogP contribution is 2.21. The van der Waals surface area contributed by atoms with Gasteiger partial charge in [0.1, 0.15) is 5.75 Å². The predicted octanol–water partition coefficient (Wildman–Crippen LogP) is 3.06. The zero-order valence-corrected chi connectivity index (χ0v) is 15.9. The second-order valence-electron chi connectivity index (χ2n) is 6.73. The van der Waals surface area contributed by atoms with Crippen LogP contribution in [0.15, 0.2) is 71.7 Å². The number of phenols is 1. The Kier molecular flexibility index (Phi) is 4.87. The molecule has 0 aliphatic heterocycles. The minimum Gasteiger partial charge on any atom is -0.507 e. The van der Waals surface area contributed by atoms with Gasteiger partial charge in [-0.05, 0) is 53.9 Å². The summed E-state index contributed by atoms with van der Waals surface area (Å²) >= 11 is 0. The Morgan fingerprint density at radius 3 is 2.72 bits per heavy atom. The molecule has 2 aromatic heterocycles. The molecular weight excluding hydrogens is 368 g/mol. The predicted molar refractivity (Wildman–Crippen MR) is 110 cm³/mol. The molecule has 0 atom stereocenters. The molecule has 0 unspecified atom stereocenters. The van der Waals surface area contributed by atoms with E-state index in [0.717, 1.165) is 17.5 Å². The first kappa shape index (κ1) is 18.5. The number of hydrogen-bond acceptors (Lipinski definition) is 4. The van der Waals surface area contributed by atoms with Crippen molar-refractivity contribution < 1.29 is 9.90 Å². The maximum Gasteiger partial charge on any atom is 0.350 e. The number of anilines is 1. The van der Waals surface area contributed by atoms with Gasteiger partial charge in [-0.15, -0.1) is 5.10 Å². The van der Waals surface area contributed by atoms with Gasteiger partial charge in [0.25, 0.3) is 5.91 Å². The van der Waals surface area contributed by atoms with Gasteiger partial charge in [-0.1, -0.05) is 31.2 Å². The Labute approximate surface area is 166 Å². The van der Waals surface area contributed by atoms with Crippen LogP contribution in [-0.4, -0.2) is 25.2 Å². The number of carbonyl (C=O) groups is 1. The Balaban J connectivity index is 1.56. The summed E-state index contributed by atoms with van der Waals surface area (Å²) in [6.07, 6.45) is 2.44. The van der Waals surface area contributed by atoms with Crippen molar-refractivity contribution in [2.45, 2.75) is 19.9 Å². The molecule has 0 saturated heterocycles. The summed E-state index contributed by atoms with van der Waals surface area (Å²) in [7, 11) is 0. The third-order valence-electron chi connectivity index (χ3n) is 4.72. The molecule has 0 fully saturated rings. The summed E-state index contributed by atoms with van der Waals surface area (Å²) in [4.78, 5) is 25.0. The Bertz CT molecular complexity index is 1260. The molecule has 1 amide bonds. The van der Waals surface area contributed by atoms with Crippen LogP contribution in [0.5, 0.6) is 5.75 Å². The van der Waals surface area contributed by atoms with E-state index in [-0.39, 0.29) is 29.5 Å². The number of hydrogen-bond donors (Lipinski definition) is 2. The normalized spacial score (nSPS) is 10.9. The fourth-order valence-corrected chi connectivity index (χ4v) is 3.17. The maximum absolute atomic E-state index is 12.6. The lowest BCUT2D eigenvalue weighted by atomic mass is 10.1. The third kappa shape index (κ3) is 3.75. The van der Waals surface area contributed by atoms with Gasteiger partial charge in [-0.2, -0.15) is 0 Å².